The number of ether oxygens (including phenoxy) is 1. The lowest BCUT2D eigenvalue weighted by Crippen LogP contribution is -2.49. The summed E-state index contributed by atoms with van der Waals surface area (Å²) in [6, 6.07) is 11.0. The zero-order chi connectivity index (χ0) is 24.3. The minimum absolute atomic E-state index is 0.0564. The molecule has 3 atom stereocenters. The molecule has 0 unspecified atom stereocenters. The highest BCUT2D eigenvalue weighted by Gasteiger charge is 2.33. The van der Waals surface area contributed by atoms with Crippen molar-refractivity contribution < 1.29 is 14.6 Å². The highest BCUT2D eigenvalue weighted by molar-refractivity contribution is 6.42. The van der Waals surface area contributed by atoms with E-state index in [1.807, 2.05) is 63.3 Å². The van der Waals surface area contributed by atoms with E-state index < -0.39 is 0 Å². The molecule has 1 amide bonds. The normalized spacial score (nSPS) is 19.5. The topological polar surface area (TPSA) is 56.3 Å². The number of halogens is 2. The Balaban J connectivity index is 1.88. The van der Waals surface area contributed by atoms with E-state index in [2.05, 4.69) is 11.8 Å². The fraction of sp³-hybridized carbons (Fsp3) is 0.480. The monoisotopic (exact) mass is 493 g/mol. The first-order valence-corrected chi connectivity index (χ1v) is 11.9. The number of benzene rings is 2. The SMILES string of the molecule is C[C@@H]1CN([C@H](C)CO)C(=O)c2cc(N(C)C)ccc2O[C@@H]1CN(C)Cc1ccc(Cl)c(Cl)c1. The largest absolute Gasteiger partial charge is 0.488 e. The minimum Gasteiger partial charge on any atom is -0.488 e. The number of carbonyl (C=O) groups excluding carboxylic acids is 1. The Hall–Kier alpha value is -1.99. The molecule has 3 rings (SSSR count). The maximum absolute atomic E-state index is 13.4. The zero-order valence-electron chi connectivity index (χ0n) is 19.9. The number of nitrogens with zero attached hydrogens (tertiary/aromatic N) is 3. The predicted octanol–water partition coefficient (Wildman–Crippen LogP) is 4.41. The van der Waals surface area contributed by atoms with E-state index >= 15 is 0 Å². The van der Waals surface area contributed by atoms with Crippen LogP contribution >= 0.6 is 23.2 Å². The lowest BCUT2D eigenvalue weighted by molar-refractivity contribution is 0.0341. The Morgan fingerprint density at radius 1 is 1.15 bits per heavy atom. The van der Waals surface area contributed by atoms with Gasteiger partial charge < -0.3 is 19.6 Å². The van der Waals surface area contributed by atoms with Crippen LogP contribution in [-0.4, -0.2) is 73.8 Å². The Labute approximate surface area is 206 Å². The fourth-order valence-electron chi connectivity index (χ4n) is 4.03. The number of likely N-dealkylation sites (N-methyl/N-ethyl adjacent to an activating group) is 1. The summed E-state index contributed by atoms with van der Waals surface area (Å²) in [5, 5.41) is 10.9. The molecule has 1 aliphatic heterocycles. The molecule has 0 saturated carbocycles. The third-order valence-electron chi connectivity index (χ3n) is 6.09. The molecule has 1 heterocycles. The number of hydrogen-bond acceptors (Lipinski definition) is 5. The van der Waals surface area contributed by atoms with Crippen LogP contribution in [0.25, 0.3) is 0 Å². The van der Waals surface area contributed by atoms with Crippen LogP contribution in [0.2, 0.25) is 10.0 Å². The molecule has 0 spiro atoms. The maximum atomic E-state index is 13.4. The third kappa shape index (κ3) is 6.12. The van der Waals surface area contributed by atoms with Gasteiger partial charge in [0.2, 0.25) is 0 Å². The summed E-state index contributed by atoms with van der Waals surface area (Å²) in [4.78, 5) is 19.3. The van der Waals surface area contributed by atoms with Crippen molar-refractivity contribution in [3.8, 4) is 5.75 Å². The van der Waals surface area contributed by atoms with Gasteiger partial charge in [-0.1, -0.05) is 36.2 Å². The quantitative estimate of drug-likeness (QED) is 0.618. The number of hydrogen-bond donors (Lipinski definition) is 1. The van der Waals surface area contributed by atoms with Crippen LogP contribution in [-0.2, 0) is 6.54 Å². The smallest absolute Gasteiger partial charge is 0.258 e. The summed E-state index contributed by atoms with van der Waals surface area (Å²) in [5.41, 5.74) is 2.50. The van der Waals surface area contributed by atoms with Gasteiger partial charge in [0.15, 0.2) is 0 Å². The van der Waals surface area contributed by atoms with Crippen molar-refractivity contribution in [2.24, 2.45) is 5.92 Å². The fourth-order valence-corrected chi connectivity index (χ4v) is 4.35. The van der Waals surface area contributed by atoms with Crippen molar-refractivity contribution in [1.29, 1.82) is 0 Å². The van der Waals surface area contributed by atoms with Crippen LogP contribution in [0.4, 0.5) is 5.69 Å². The lowest BCUT2D eigenvalue weighted by Gasteiger charge is -2.38. The zero-order valence-corrected chi connectivity index (χ0v) is 21.4. The van der Waals surface area contributed by atoms with Crippen LogP contribution in [0.15, 0.2) is 36.4 Å². The molecule has 2 aromatic carbocycles. The van der Waals surface area contributed by atoms with E-state index in [4.69, 9.17) is 27.9 Å². The van der Waals surface area contributed by atoms with Crippen molar-refractivity contribution in [2.75, 3.05) is 45.7 Å². The molecular formula is C25H33Cl2N3O3. The van der Waals surface area contributed by atoms with Gasteiger partial charge in [0.25, 0.3) is 5.91 Å². The number of carbonyl (C=O) groups is 1. The second-order valence-electron chi connectivity index (χ2n) is 9.14. The van der Waals surface area contributed by atoms with Crippen LogP contribution in [0.5, 0.6) is 5.75 Å². The summed E-state index contributed by atoms with van der Waals surface area (Å²) in [6.45, 7) is 5.70. The third-order valence-corrected chi connectivity index (χ3v) is 6.83. The van der Waals surface area contributed by atoms with E-state index in [1.54, 1.807) is 11.0 Å². The van der Waals surface area contributed by atoms with Gasteiger partial charge in [-0.25, -0.2) is 0 Å². The average Bonchev–Trinajstić information content (AvgIpc) is 2.77. The Kier molecular flexibility index (Phi) is 8.51. The minimum atomic E-state index is -0.288. The predicted molar refractivity (Wildman–Crippen MR) is 135 cm³/mol. The molecule has 0 radical (unpaired) electrons. The molecule has 1 N–H and O–H groups in total. The average molecular weight is 494 g/mol. The number of fused-ring (bicyclic) bond motifs is 1. The molecule has 1 aliphatic rings. The first-order valence-electron chi connectivity index (χ1n) is 11.1. The van der Waals surface area contributed by atoms with Crippen molar-refractivity contribution in [3.05, 3.63) is 57.6 Å². The van der Waals surface area contributed by atoms with Crippen LogP contribution < -0.4 is 9.64 Å². The van der Waals surface area contributed by atoms with Crippen molar-refractivity contribution in [2.45, 2.75) is 32.5 Å². The molecule has 0 bridgehead atoms. The Morgan fingerprint density at radius 2 is 1.88 bits per heavy atom. The van der Waals surface area contributed by atoms with Gasteiger partial charge in [-0.2, -0.15) is 0 Å². The molecule has 33 heavy (non-hydrogen) atoms. The summed E-state index contributed by atoms with van der Waals surface area (Å²) < 4.78 is 6.45. The molecule has 0 aromatic heterocycles. The van der Waals surface area contributed by atoms with E-state index in [1.165, 1.54) is 0 Å². The first-order chi connectivity index (χ1) is 15.6. The summed E-state index contributed by atoms with van der Waals surface area (Å²) in [5.74, 6) is 0.505. The van der Waals surface area contributed by atoms with Gasteiger partial charge in [-0.15, -0.1) is 0 Å². The van der Waals surface area contributed by atoms with E-state index in [0.717, 1.165) is 11.3 Å². The molecule has 8 heteroatoms. The van der Waals surface area contributed by atoms with Crippen LogP contribution in [0.3, 0.4) is 0 Å². The molecule has 180 valence electrons. The van der Waals surface area contributed by atoms with Gasteiger partial charge in [0, 0.05) is 45.3 Å². The number of rotatable bonds is 7. The molecule has 2 aromatic rings. The lowest BCUT2D eigenvalue weighted by atomic mass is 9.99. The van der Waals surface area contributed by atoms with Gasteiger partial charge in [-0.05, 0) is 49.9 Å². The molecule has 0 aliphatic carbocycles. The summed E-state index contributed by atoms with van der Waals surface area (Å²) in [6.07, 6.45) is -0.150. The molecule has 6 nitrogen and oxygen atoms in total. The first kappa shape index (κ1) is 25.6. The molecular weight excluding hydrogens is 461 g/mol. The van der Waals surface area contributed by atoms with Gasteiger partial charge in [0.05, 0.1) is 28.3 Å². The van der Waals surface area contributed by atoms with Crippen LogP contribution in [0.1, 0.15) is 29.8 Å². The van der Waals surface area contributed by atoms with Crippen LogP contribution in [0, 0.1) is 5.92 Å². The van der Waals surface area contributed by atoms with Crippen molar-refractivity contribution >= 4 is 34.8 Å². The summed E-state index contributed by atoms with van der Waals surface area (Å²) >= 11 is 12.2. The van der Waals surface area contributed by atoms with Gasteiger partial charge in [-0.3, -0.25) is 9.69 Å². The van der Waals surface area contributed by atoms with E-state index in [0.29, 0.717) is 41.0 Å². The number of amides is 1. The second kappa shape index (κ2) is 11.0. The Morgan fingerprint density at radius 3 is 2.52 bits per heavy atom. The molecule has 0 saturated heterocycles. The highest BCUT2D eigenvalue weighted by Crippen LogP contribution is 2.31. The second-order valence-corrected chi connectivity index (χ2v) is 9.96. The number of anilines is 1. The molecule has 0 fully saturated rings. The van der Waals surface area contributed by atoms with Gasteiger partial charge in [0.1, 0.15) is 11.9 Å². The number of aliphatic hydroxyl groups excluding tert-OH is 1. The number of aliphatic hydroxyl groups is 1. The van der Waals surface area contributed by atoms with Crippen molar-refractivity contribution in [1.82, 2.24) is 9.80 Å². The van der Waals surface area contributed by atoms with E-state index in [9.17, 15) is 9.90 Å². The highest BCUT2D eigenvalue weighted by atomic mass is 35.5. The van der Waals surface area contributed by atoms with Crippen molar-refractivity contribution in [3.63, 3.8) is 0 Å². The Bertz CT molecular complexity index is 985. The summed E-state index contributed by atoms with van der Waals surface area (Å²) in [7, 11) is 5.91. The maximum Gasteiger partial charge on any atom is 0.258 e. The standard InChI is InChI=1S/C25H33Cl2N3O3/c1-16-12-30(17(2)15-31)25(32)20-11-19(28(3)4)7-9-23(20)33-24(16)14-29(5)13-18-6-8-21(26)22(27)10-18/h6-11,16-17,24,31H,12-15H2,1-5H3/t16-,17-,24-/m1/s1. The van der Waals surface area contributed by atoms with Gasteiger partial charge >= 0.3 is 0 Å². The van der Waals surface area contributed by atoms with E-state index in [-0.39, 0.29) is 30.6 Å².